The lowest BCUT2D eigenvalue weighted by Gasteiger charge is -2.15. The molecule has 0 spiro atoms. The van der Waals surface area contributed by atoms with E-state index in [9.17, 15) is 18.4 Å². The second kappa shape index (κ2) is 7.34. The zero-order valence-electron chi connectivity index (χ0n) is 14.8. The van der Waals surface area contributed by atoms with Gasteiger partial charge in [-0.3, -0.25) is 4.79 Å². The molecule has 2 atom stereocenters. The molecule has 27 heavy (non-hydrogen) atoms. The SMILES string of the molecule is CC(C)Oc1ccc(C(=O)O)cc1NC(=O)C1CC1c1ccc(F)c(F)c1. The van der Waals surface area contributed by atoms with E-state index >= 15 is 0 Å². The van der Waals surface area contributed by atoms with E-state index in [1.165, 1.54) is 24.3 Å². The van der Waals surface area contributed by atoms with E-state index in [0.717, 1.165) is 12.1 Å². The molecule has 0 saturated heterocycles. The molecule has 3 rings (SSSR count). The van der Waals surface area contributed by atoms with Crippen molar-refractivity contribution in [3.63, 3.8) is 0 Å². The Labute approximate surface area is 155 Å². The van der Waals surface area contributed by atoms with E-state index in [4.69, 9.17) is 9.84 Å². The summed E-state index contributed by atoms with van der Waals surface area (Å²) in [5.74, 6) is -3.53. The van der Waals surface area contributed by atoms with Crippen LogP contribution in [0, 0.1) is 17.6 Å². The molecule has 2 unspecified atom stereocenters. The van der Waals surface area contributed by atoms with Gasteiger partial charge in [-0.25, -0.2) is 13.6 Å². The van der Waals surface area contributed by atoms with Crippen LogP contribution in [0.15, 0.2) is 36.4 Å². The van der Waals surface area contributed by atoms with Crippen LogP contribution in [0.5, 0.6) is 5.75 Å². The topological polar surface area (TPSA) is 75.6 Å². The lowest BCUT2D eigenvalue weighted by Crippen LogP contribution is -2.17. The van der Waals surface area contributed by atoms with Crippen LogP contribution in [-0.4, -0.2) is 23.1 Å². The number of carboxylic acids is 1. The minimum atomic E-state index is -1.12. The fourth-order valence-electron chi connectivity index (χ4n) is 2.94. The lowest BCUT2D eigenvalue weighted by molar-refractivity contribution is -0.117. The van der Waals surface area contributed by atoms with Gasteiger partial charge in [0.25, 0.3) is 0 Å². The molecule has 1 fully saturated rings. The minimum absolute atomic E-state index is 0.0226. The summed E-state index contributed by atoms with van der Waals surface area (Å²) >= 11 is 0. The van der Waals surface area contributed by atoms with Crippen LogP contribution in [-0.2, 0) is 4.79 Å². The van der Waals surface area contributed by atoms with Crippen LogP contribution in [0.4, 0.5) is 14.5 Å². The maximum atomic E-state index is 13.4. The van der Waals surface area contributed by atoms with Crippen molar-refractivity contribution in [2.75, 3.05) is 5.32 Å². The summed E-state index contributed by atoms with van der Waals surface area (Å²) in [5, 5.41) is 11.9. The second-order valence-corrected chi connectivity index (χ2v) is 6.79. The molecule has 0 radical (unpaired) electrons. The van der Waals surface area contributed by atoms with E-state index in [2.05, 4.69) is 5.32 Å². The number of rotatable bonds is 6. The van der Waals surface area contributed by atoms with Gasteiger partial charge < -0.3 is 15.2 Å². The van der Waals surface area contributed by atoms with Gasteiger partial charge in [-0.2, -0.15) is 0 Å². The van der Waals surface area contributed by atoms with Crippen molar-refractivity contribution < 1.29 is 28.2 Å². The van der Waals surface area contributed by atoms with Gasteiger partial charge in [-0.15, -0.1) is 0 Å². The van der Waals surface area contributed by atoms with Crippen molar-refractivity contribution in [2.24, 2.45) is 5.92 Å². The summed E-state index contributed by atoms with van der Waals surface area (Å²) in [6.07, 6.45) is 0.350. The Morgan fingerprint density at radius 2 is 1.89 bits per heavy atom. The van der Waals surface area contributed by atoms with Gasteiger partial charge in [0.15, 0.2) is 11.6 Å². The molecule has 2 aromatic rings. The highest BCUT2D eigenvalue weighted by atomic mass is 19.2. The third kappa shape index (κ3) is 4.24. The normalized spacial score (nSPS) is 18.3. The van der Waals surface area contributed by atoms with Gasteiger partial charge in [0, 0.05) is 5.92 Å². The van der Waals surface area contributed by atoms with Gasteiger partial charge in [0.05, 0.1) is 17.4 Å². The van der Waals surface area contributed by atoms with Crippen molar-refractivity contribution in [1.82, 2.24) is 0 Å². The van der Waals surface area contributed by atoms with Gasteiger partial charge in [0.1, 0.15) is 5.75 Å². The first-order valence-corrected chi connectivity index (χ1v) is 8.56. The highest BCUT2D eigenvalue weighted by Crippen LogP contribution is 2.48. The lowest BCUT2D eigenvalue weighted by atomic mass is 10.1. The highest BCUT2D eigenvalue weighted by Gasteiger charge is 2.44. The van der Waals surface area contributed by atoms with Crippen LogP contribution in [0.25, 0.3) is 0 Å². The third-order valence-corrected chi connectivity index (χ3v) is 4.35. The molecule has 0 aromatic heterocycles. The average Bonchev–Trinajstić information content (AvgIpc) is 3.39. The maximum Gasteiger partial charge on any atom is 0.335 e. The van der Waals surface area contributed by atoms with Crippen molar-refractivity contribution in [3.8, 4) is 5.75 Å². The summed E-state index contributed by atoms with van der Waals surface area (Å²) < 4.78 is 32.1. The Kier molecular flexibility index (Phi) is 5.12. The largest absolute Gasteiger partial charge is 0.489 e. The molecule has 1 saturated carbocycles. The predicted molar refractivity (Wildman–Crippen MR) is 95.0 cm³/mol. The number of aromatic carboxylic acids is 1. The van der Waals surface area contributed by atoms with Crippen LogP contribution < -0.4 is 10.1 Å². The van der Waals surface area contributed by atoms with E-state index < -0.39 is 23.5 Å². The number of nitrogens with one attached hydrogen (secondary N) is 1. The molecule has 2 N–H and O–H groups in total. The number of halogens is 2. The van der Waals surface area contributed by atoms with Crippen LogP contribution in [0.2, 0.25) is 0 Å². The van der Waals surface area contributed by atoms with Crippen molar-refractivity contribution >= 4 is 17.6 Å². The molecule has 1 amide bonds. The van der Waals surface area contributed by atoms with Crippen molar-refractivity contribution in [3.05, 3.63) is 59.2 Å². The molecule has 7 heteroatoms. The molecule has 1 aliphatic carbocycles. The van der Waals surface area contributed by atoms with Gasteiger partial charge in [0.2, 0.25) is 5.91 Å². The Balaban J connectivity index is 1.76. The Bertz CT molecular complexity index is 898. The summed E-state index contributed by atoms with van der Waals surface area (Å²) in [7, 11) is 0. The number of amides is 1. The summed E-state index contributed by atoms with van der Waals surface area (Å²) in [5.41, 5.74) is 0.853. The van der Waals surface area contributed by atoms with E-state index in [-0.39, 0.29) is 29.2 Å². The molecular formula is C20H19F2NO4. The Morgan fingerprint density at radius 3 is 2.52 bits per heavy atom. The summed E-state index contributed by atoms with van der Waals surface area (Å²) in [4.78, 5) is 23.7. The van der Waals surface area contributed by atoms with E-state index in [1.807, 2.05) is 13.8 Å². The minimum Gasteiger partial charge on any atom is -0.489 e. The molecular weight excluding hydrogens is 356 g/mol. The van der Waals surface area contributed by atoms with Crippen LogP contribution >= 0.6 is 0 Å². The molecule has 142 valence electrons. The van der Waals surface area contributed by atoms with Gasteiger partial charge in [-0.1, -0.05) is 6.07 Å². The molecule has 1 aliphatic rings. The van der Waals surface area contributed by atoms with Gasteiger partial charge in [-0.05, 0) is 62.1 Å². The van der Waals surface area contributed by atoms with E-state index in [0.29, 0.717) is 17.7 Å². The molecule has 0 bridgehead atoms. The fraction of sp³-hybridized carbons (Fsp3) is 0.300. The standard InChI is InChI=1S/C20H19F2NO4/c1-10(2)27-18-6-4-12(20(25)26)8-17(18)23-19(24)14-9-13(14)11-3-5-15(21)16(22)7-11/h3-8,10,13-14H,9H2,1-2H3,(H,23,24)(H,25,26). The Morgan fingerprint density at radius 1 is 1.15 bits per heavy atom. The highest BCUT2D eigenvalue weighted by molar-refractivity contribution is 5.98. The summed E-state index contributed by atoms with van der Waals surface area (Å²) in [6.45, 7) is 3.63. The molecule has 2 aromatic carbocycles. The number of carboxylic acid groups (broad SMARTS) is 1. The summed E-state index contributed by atoms with van der Waals surface area (Å²) in [6, 6.07) is 7.85. The van der Waals surface area contributed by atoms with Crippen LogP contribution in [0.3, 0.4) is 0 Å². The first kappa shape index (κ1) is 18.8. The van der Waals surface area contributed by atoms with Crippen LogP contribution in [0.1, 0.15) is 42.1 Å². The number of carbonyl (C=O) groups excluding carboxylic acids is 1. The average molecular weight is 375 g/mol. The second-order valence-electron chi connectivity index (χ2n) is 6.79. The quantitative estimate of drug-likeness (QED) is 0.794. The van der Waals surface area contributed by atoms with E-state index in [1.54, 1.807) is 0 Å². The molecule has 0 heterocycles. The first-order valence-electron chi connectivity index (χ1n) is 8.56. The number of anilines is 1. The number of ether oxygens (including phenoxy) is 1. The fourth-order valence-corrected chi connectivity index (χ4v) is 2.94. The number of carbonyl (C=O) groups is 2. The number of benzene rings is 2. The zero-order chi connectivity index (χ0) is 19.7. The molecule has 5 nitrogen and oxygen atoms in total. The molecule has 0 aliphatic heterocycles. The predicted octanol–water partition coefficient (Wildman–Crippen LogP) is 4.19. The third-order valence-electron chi connectivity index (χ3n) is 4.35. The zero-order valence-corrected chi connectivity index (χ0v) is 14.8. The van der Waals surface area contributed by atoms with Crippen molar-refractivity contribution in [2.45, 2.75) is 32.3 Å². The Hall–Kier alpha value is -2.96. The maximum absolute atomic E-state index is 13.4. The number of hydrogen-bond acceptors (Lipinski definition) is 3. The monoisotopic (exact) mass is 375 g/mol. The first-order chi connectivity index (χ1) is 12.8. The van der Waals surface area contributed by atoms with Gasteiger partial charge >= 0.3 is 5.97 Å². The number of hydrogen-bond donors (Lipinski definition) is 2. The smallest absolute Gasteiger partial charge is 0.335 e. The van der Waals surface area contributed by atoms with Crippen molar-refractivity contribution in [1.29, 1.82) is 0 Å².